The zero-order chi connectivity index (χ0) is 53.5. The summed E-state index contributed by atoms with van der Waals surface area (Å²) in [6.07, 6.45) is -1.31. The number of hydrogen-bond donors (Lipinski definition) is 12. The number of carbonyl (C=O) groups is 8. The first kappa shape index (κ1) is 55.2. The van der Waals surface area contributed by atoms with Gasteiger partial charge < -0.3 is 67.9 Å². The van der Waals surface area contributed by atoms with Gasteiger partial charge in [-0.3, -0.25) is 33.6 Å². The molecule has 1 aromatic heterocycles. The number of carboxylic acid groups (broad SMARTS) is 1. The van der Waals surface area contributed by atoms with E-state index in [1.807, 2.05) is 6.07 Å². The van der Waals surface area contributed by atoms with Crippen molar-refractivity contribution in [1.82, 2.24) is 41.8 Å². The van der Waals surface area contributed by atoms with E-state index in [4.69, 9.17) is 5.73 Å². The number of aromatic nitrogens is 1. The molecule has 0 aliphatic carbocycles. The number of para-hydroxylation sites is 1. The third kappa shape index (κ3) is 15.0. The summed E-state index contributed by atoms with van der Waals surface area (Å²) in [5, 5.41) is 57.2. The Labute approximate surface area is 426 Å². The average molecular weight is 1020 g/mol. The van der Waals surface area contributed by atoms with Crippen LogP contribution >= 0.6 is 0 Å². The Hall–Kier alpha value is -8.14. The van der Waals surface area contributed by atoms with E-state index < -0.39 is 108 Å². The predicted octanol–water partition coefficient (Wildman–Crippen LogP) is -0.151. The molecule has 1 fully saturated rings. The van der Waals surface area contributed by atoms with Crippen molar-refractivity contribution in [3.63, 3.8) is 0 Å². The fraction of sp³-hybridized carbons (Fsp3) is 0.358. The number of likely N-dealkylation sites (tertiary alicyclic amines) is 1. The molecule has 0 saturated carbocycles. The number of amides is 7. The molecular formula is C53H63N9O12. The van der Waals surface area contributed by atoms with Crippen LogP contribution in [0.15, 0.2) is 115 Å². The molecule has 21 heteroatoms. The molecule has 1 saturated heterocycles. The van der Waals surface area contributed by atoms with Crippen LogP contribution in [0.4, 0.5) is 0 Å². The van der Waals surface area contributed by atoms with E-state index in [0.29, 0.717) is 28.7 Å². The average Bonchev–Trinajstić information content (AvgIpc) is 4.05. The van der Waals surface area contributed by atoms with E-state index in [2.05, 4.69) is 36.9 Å². The van der Waals surface area contributed by atoms with E-state index >= 15 is 0 Å². The van der Waals surface area contributed by atoms with Crippen LogP contribution in [-0.2, 0) is 64.0 Å². The number of phenolic OH excluding ortho intramolecular Hbond substituents is 1. The van der Waals surface area contributed by atoms with Crippen LogP contribution in [0.3, 0.4) is 0 Å². The number of nitrogens with two attached hydrogens (primary N) is 1. The molecule has 6 rings (SSSR count). The number of aromatic hydroxyl groups is 1. The third-order valence-corrected chi connectivity index (χ3v) is 12.7. The van der Waals surface area contributed by atoms with Crippen LogP contribution in [0.1, 0.15) is 48.9 Å². The van der Waals surface area contributed by atoms with E-state index in [-0.39, 0.29) is 44.4 Å². The number of aliphatic hydroxyl groups excluding tert-OH is 2. The number of fused-ring (bicyclic) bond motifs is 1. The molecule has 7 amide bonds. The fourth-order valence-electron chi connectivity index (χ4n) is 8.78. The van der Waals surface area contributed by atoms with E-state index in [0.717, 1.165) is 10.9 Å². The Balaban J connectivity index is 1.27. The van der Waals surface area contributed by atoms with Crippen LogP contribution < -0.4 is 37.6 Å². The summed E-state index contributed by atoms with van der Waals surface area (Å²) in [6, 6.07) is 20.5. The van der Waals surface area contributed by atoms with Crippen LogP contribution in [0.25, 0.3) is 10.9 Å². The molecule has 2 heterocycles. The van der Waals surface area contributed by atoms with Crippen LogP contribution in [0, 0.1) is 0 Å². The van der Waals surface area contributed by atoms with Crippen molar-refractivity contribution in [2.45, 2.75) is 107 Å². The number of aromatic amines is 1. The minimum Gasteiger partial charge on any atom is -0.508 e. The number of aliphatic carboxylic acids is 1. The largest absolute Gasteiger partial charge is 0.508 e. The van der Waals surface area contributed by atoms with Crippen LogP contribution in [0.2, 0.25) is 0 Å². The standard InChI is InChI=1S/C53H63N9O12/c1-30(63)45(51(71)59-42(27-35-29-55-38-17-10-9-16-37(35)38)52(72)62-23-11-18-43(62)50(70)61-46(31(2)64)53(73)74)60-49(69)41(26-34-19-21-36(65)22-20-34)58-48(68)40(25-33-14-7-4-8-15-33)57-47(67)39(56-44(66)28-54)24-32-12-5-3-6-13-32/h3-10,12-17,19-22,29-31,39-43,45-46,55,63-65H,11,18,23-28,54H2,1-2H3,(H,56,66)(H,57,67)(H,58,68)(H,59,71)(H,60,69)(H,61,70)(H,73,74). The van der Waals surface area contributed by atoms with Crippen molar-refractivity contribution < 1.29 is 58.8 Å². The summed E-state index contributed by atoms with van der Waals surface area (Å²) in [4.78, 5) is 115. The Bertz CT molecular complexity index is 2750. The molecule has 74 heavy (non-hydrogen) atoms. The van der Waals surface area contributed by atoms with Crippen molar-refractivity contribution in [3.8, 4) is 5.75 Å². The first-order chi connectivity index (χ1) is 35.4. The zero-order valence-corrected chi connectivity index (χ0v) is 40.9. The number of nitrogens with one attached hydrogen (secondary N) is 7. The van der Waals surface area contributed by atoms with Gasteiger partial charge in [0.2, 0.25) is 41.4 Å². The maximum Gasteiger partial charge on any atom is 0.328 e. The van der Waals surface area contributed by atoms with Gasteiger partial charge in [-0.15, -0.1) is 0 Å². The monoisotopic (exact) mass is 1020 g/mol. The summed E-state index contributed by atoms with van der Waals surface area (Å²) in [5.41, 5.74) is 8.70. The highest BCUT2D eigenvalue weighted by atomic mass is 16.4. The normalized spacial score (nSPS) is 16.5. The number of rotatable bonds is 24. The van der Waals surface area contributed by atoms with E-state index in [1.54, 1.807) is 85.1 Å². The van der Waals surface area contributed by atoms with Gasteiger partial charge in [-0.25, -0.2) is 4.79 Å². The van der Waals surface area contributed by atoms with Crippen molar-refractivity contribution in [2.75, 3.05) is 13.1 Å². The molecule has 0 spiro atoms. The number of benzene rings is 4. The van der Waals surface area contributed by atoms with Gasteiger partial charge in [0.25, 0.3) is 0 Å². The lowest BCUT2D eigenvalue weighted by Crippen LogP contribution is -2.62. The van der Waals surface area contributed by atoms with Crippen molar-refractivity contribution in [3.05, 3.63) is 138 Å². The van der Waals surface area contributed by atoms with Gasteiger partial charge in [0.15, 0.2) is 6.04 Å². The Morgan fingerprint density at radius 3 is 1.65 bits per heavy atom. The van der Waals surface area contributed by atoms with Gasteiger partial charge in [0, 0.05) is 49.3 Å². The lowest BCUT2D eigenvalue weighted by Gasteiger charge is -2.31. The maximum absolute atomic E-state index is 14.6. The molecule has 13 N–H and O–H groups in total. The molecule has 9 atom stereocenters. The number of carboxylic acids is 1. The smallest absolute Gasteiger partial charge is 0.328 e. The molecular weight excluding hydrogens is 955 g/mol. The molecule has 4 aromatic carbocycles. The number of hydrogen-bond acceptors (Lipinski definition) is 12. The quantitative estimate of drug-likeness (QED) is 0.0383. The van der Waals surface area contributed by atoms with Gasteiger partial charge in [-0.2, -0.15) is 0 Å². The summed E-state index contributed by atoms with van der Waals surface area (Å²) in [7, 11) is 0. The minimum atomic E-state index is -1.76. The van der Waals surface area contributed by atoms with Crippen molar-refractivity contribution in [1.29, 1.82) is 0 Å². The number of phenols is 1. The summed E-state index contributed by atoms with van der Waals surface area (Å²) in [6.45, 7) is 2.08. The number of carbonyl (C=O) groups excluding carboxylic acids is 7. The lowest BCUT2D eigenvalue weighted by atomic mass is 10.00. The maximum atomic E-state index is 14.6. The summed E-state index contributed by atoms with van der Waals surface area (Å²) >= 11 is 0. The van der Waals surface area contributed by atoms with Crippen LogP contribution in [0.5, 0.6) is 5.75 Å². The summed E-state index contributed by atoms with van der Waals surface area (Å²) < 4.78 is 0. The van der Waals surface area contributed by atoms with E-state index in [1.165, 1.54) is 43.0 Å². The van der Waals surface area contributed by atoms with Crippen molar-refractivity contribution in [2.24, 2.45) is 5.73 Å². The highest BCUT2D eigenvalue weighted by molar-refractivity contribution is 5.98. The molecule has 0 radical (unpaired) electrons. The van der Waals surface area contributed by atoms with Gasteiger partial charge in [0.1, 0.15) is 42.0 Å². The topological polar surface area (TPSA) is 335 Å². The van der Waals surface area contributed by atoms with Gasteiger partial charge in [-0.1, -0.05) is 91.0 Å². The second kappa shape index (κ2) is 26.0. The Morgan fingerprint density at radius 2 is 1.11 bits per heavy atom. The second-order valence-electron chi connectivity index (χ2n) is 18.3. The number of H-pyrrole nitrogens is 1. The molecule has 0 bridgehead atoms. The molecule has 392 valence electrons. The highest BCUT2D eigenvalue weighted by Crippen LogP contribution is 2.24. The van der Waals surface area contributed by atoms with Gasteiger partial charge in [-0.05, 0) is 67.1 Å². The number of nitrogens with zero attached hydrogens (tertiary/aromatic N) is 1. The van der Waals surface area contributed by atoms with Crippen LogP contribution in [-0.4, -0.2) is 145 Å². The SMILES string of the molecule is CC(O)C(NC(=O)C1CCCN1C(=O)C(Cc1c[nH]c2ccccc12)NC(=O)C(NC(=O)C(Cc1ccc(O)cc1)NC(=O)C(Cc1ccccc1)NC(=O)C(Cc1ccccc1)NC(=O)CN)C(C)O)C(=O)O. The molecule has 1 aliphatic heterocycles. The molecule has 5 aromatic rings. The highest BCUT2D eigenvalue weighted by Gasteiger charge is 2.41. The predicted molar refractivity (Wildman–Crippen MR) is 270 cm³/mol. The molecule has 21 nitrogen and oxygen atoms in total. The van der Waals surface area contributed by atoms with Gasteiger partial charge >= 0.3 is 5.97 Å². The lowest BCUT2D eigenvalue weighted by molar-refractivity contribution is -0.147. The Morgan fingerprint density at radius 1 is 0.608 bits per heavy atom. The van der Waals surface area contributed by atoms with Crippen molar-refractivity contribution >= 4 is 58.2 Å². The molecule has 9 unspecified atom stereocenters. The second-order valence-corrected chi connectivity index (χ2v) is 18.3. The zero-order valence-electron chi connectivity index (χ0n) is 40.9. The minimum absolute atomic E-state index is 0.0477. The summed E-state index contributed by atoms with van der Waals surface area (Å²) in [5.74, 6) is -7.26. The van der Waals surface area contributed by atoms with E-state index in [9.17, 15) is 58.8 Å². The first-order valence-corrected chi connectivity index (χ1v) is 24.2. The fourth-order valence-corrected chi connectivity index (χ4v) is 8.78. The third-order valence-electron chi connectivity index (χ3n) is 12.7. The molecule has 1 aliphatic rings. The van der Waals surface area contributed by atoms with Gasteiger partial charge in [0.05, 0.1) is 18.8 Å². The Kier molecular flexibility index (Phi) is 19.4. The first-order valence-electron chi connectivity index (χ1n) is 24.2. The number of aliphatic hydroxyl groups is 2.